The van der Waals surface area contributed by atoms with E-state index in [0.29, 0.717) is 12.5 Å². The first-order valence-corrected chi connectivity index (χ1v) is 7.52. The third-order valence-electron chi connectivity index (χ3n) is 3.67. The smallest absolute Gasteiger partial charge is 0.274 e. The summed E-state index contributed by atoms with van der Waals surface area (Å²) >= 11 is 0. The third-order valence-corrected chi connectivity index (χ3v) is 3.67. The molecule has 23 heavy (non-hydrogen) atoms. The van der Waals surface area contributed by atoms with Crippen molar-refractivity contribution < 1.29 is 19.0 Å². The van der Waals surface area contributed by atoms with Gasteiger partial charge in [0.2, 0.25) is 5.88 Å². The second-order valence-corrected chi connectivity index (χ2v) is 5.37. The van der Waals surface area contributed by atoms with Crippen molar-refractivity contribution in [3.05, 3.63) is 47.4 Å². The first kappa shape index (κ1) is 15.5. The maximum absolute atomic E-state index is 13.0. The Bertz CT molecular complexity index is 661. The van der Waals surface area contributed by atoms with E-state index in [-0.39, 0.29) is 37.1 Å². The van der Waals surface area contributed by atoms with E-state index < -0.39 is 0 Å². The van der Waals surface area contributed by atoms with Gasteiger partial charge >= 0.3 is 0 Å². The van der Waals surface area contributed by atoms with E-state index in [1.165, 1.54) is 17.0 Å². The van der Waals surface area contributed by atoms with E-state index in [1.54, 1.807) is 22.9 Å². The molecule has 0 unspecified atom stereocenters. The number of benzene rings is 1. The lowest BCUT2D eigenvalue weighted by molar-refractivity contribution is 0.0701. The van der Waals surface area contributed by atoms with E-state index in [1.807, 2.05) is 0 Å². The number of aryl methyl sites for hydroxylation is 1. The molecule has 122 valence electrons. The highest BCUT2D eigenvalue weighted by molar-refractivity contribution is 5.92. The number of ether oxygens (including phenoxy) is 1. The molecule has 1 aliphatic rings. The first-order valence-electron chi connectivity index (χ1n) is 7.52. The Morgan fingerprint density at radius 1 is 1.39 bits per heavy atom. The summed E-state index contributed by atoms with van der Waals surface area (Å²) in [6.07, 6.45) is 0.859. The molecule has 7 heteroatoms. The number of rotatable bonds is 5. The van der Waals surface area contributed by atoms with Crippen molar-refractivity contribution >= 4 is 5.91 Å². The summed E-state index contributed by atoms with van der Waals surface area (Å²) in [5.74, 6) is -0.0214. The Balaban J connectivity index is 1.78. The van der Waals surface area contributed by atoms with Gasteiger partial charge in [-0.15, -0.1) is 0 Å². The Morgan fingerprint density at radius 2 is 2.17 bits per heavy atom. The van der Waals surface area contributed by atoms with E-state index in [9.17, 15) is 14.3 Å². The number of aromatic nitrogens is 2. The van der Waals surface area contributed by atoms with Gasteiger partial charge in [-0.2, -0.15) is 5.10 Å². The van der Waals surface area contributed by atoms with Crippen LogP contribution in [0.1, 0.15) is 22.5 Å². The summed E-state index contributed by atoms with van der Waals surface area (Å²) in [7, 11) is 0. The number of aliphatic hydroxyl groups excluding tert-OH is 1. The van der Waals surface area contributed by atoms with Crippen LogP contribution in [0.2, 0.25) is 0 Å². The highest BCUT2D eigenvalue weighted by Gasteiger charge is 2.22. The van der Waals surface area contributed by atoms with Crippen molar-refractivity contribution in [3.8, 4) is 5.88 Å². The molecule has 0 atom stereocenters. The van der Waals surface area contributed by atoms with Gasteiger partial charge in [0.25, 0.3) is 5.91 Å². The normalized spacial score (nSPS) is 13.3. The average Bonchev–Trinajstić information content (AvgIpc) is 3.00. The zero-order valence-electron chi connectivity index (χ0n) is 12.6. The molecule has 2 heterocycles. The van der Waals surface area contributed by atoms with Crippen molar-refractivity contribution in [3.63, 3.8) is 0 Å². The third kappa shape index (κ3) is 3.50. The fourth-order valence-corrected chi connectivity index (χ4v) is 2.52. The molecule has 0 fully saturated rings. The van der Waals surface area contributed by atoms with Crippen LogP contribution in [0.25, 0.3) is 0 Å². The topological polar surface area (TPSA) is 67.6 Å². The minimum absolute atomic E-state index is 0.156. The van der Waals surface area contributed by atoms with Gasteiger partial charge in [-0.05, 0) is 17.7 Å². The predicted molar refractivity (Wildman–Crippen MR) is 80.6 cm³/mol. The molecule has 6 nitrogen and oxygen atoms in total. The second-order valence-electron chi connectivity index (χ2n) is 5.37. The molecule has 1 aliphatic heterocycles. The Kier molecular flexibility index (Phi) is 4.57. The van der Waals surface area contributed by atoms with Gasteiger partial charge in [0.05, 0.1) is 13.2 Å². The first-order chi connectivity index (χ1) is 11.2. The molecular formula is C16H18FN3O3. The van der Waals surface area contributed by atoms with Gasteiger partial charge in [-0.1, -0.05) is 12.1 Å². The summed E-state index contributed by atoms with van der Waals surface area (Å²) in [6.45, 7) is 1.65. The minimum Gasteiger partial charge on any atom is -0.478 e. The van der Waals surface area contributed by atoms with Crippen LogP contribution in [0.4, 0.5) is 4.39 Å². The summed E-state index contributed by atoms with van der Waals surface area (Å²) in [5.41, 5.74) is 1.07. The van der Waals surface area contributed by atoms with Gasteiger partial charge in [0, 0.05) is 32.1 Å². The largest absolute Gasteiger partial charge is 0.478 e. The van der Waals surface area contributed by atoms with Crippen molar-refractivity contribution in [2.24, 2.45) is 0 Å². The highest BCUT2D eigenvalue weighted by atomic mass is 19.1. The predicted octanol–water partition coefficient (Wildman–Crippen LogP) is 1.44. The molecular weight excluding hydrogens is 301 g/mol. The van der Waals surface area contributed by atoms with Gasteiger partial charge in [0.1, 0.15) is 5.82 Å². The quantitative estimate of drug-likeness (QED) is 0.905. The number of carbonyl (C=O) groups is 1. The van der Waals surface area contributed by atoms with Crippen LogP contribution in [0.15, 0.2) is 30.3 Å². The van der Waals surface area contributed by atoms with Crippen LogP contribution in [0.5, 0.6) is 5.88 Å². The second kappa shape index (κ2) is 6.78. The van der Waals surface area contributed by atoms with Gasteiger partial charge < -0.3 is 14.7 Å². The molecule has 1 aromatic carbocycles. The van der Waals surface area contributed by atoms with Crippen molar-refractivity contribution in [2.75, 3.05) is 19.8 Å². The number of hydrogen-bond donors (Lipinski definition) is 1. The van der Waals surface area contributed by atoms with Crippen LogP contribution in [0.3, 0.4) is 0 Å². The lowest BCUT2D eigenvalue weighted by Crippen LogP contribution is -2.33. The van der Waals surface area contributed by atoms with Crippen LogP contribution < -0.4 is 4.74 Å². The minimum atomic E-state index is -0.326. The SMILES string of the molecule is O=C(c1cc2n(n1)CCCO2)N(CCO)Cc1ccc(F)cc1. The highest BCUT2D eigenvalue weighted by Crippen LogP contribution is 2.20. The zero-order chi connectivity index (χ0) is 16.2. The van der Waals surface area contributed by atoms with Gasteiger partial charge in [-0.3, -0.25) is 4.79 Å². The van der Waals surface area contributed by atoms with Crippen molar-refractivity contribution in [1.29, 1.82) is 0 Å². The van der Waals surface area contributed by atoms with E-state index in [4.69, 9.17) is 4.74 Å². The summed E-state index contributed by atoms with van der Waals surface area (Å²) < 4.78 is 20.1. The molecule has 0 bridgehead atoms. The molecule has 2 aromatic rings. The van der Waals surface area contributed by atoms with Crippen LogP contribution in [0, 0.1) is 5.82 Å². The molecule has 0 saturated carbocycles. The lowest BCUT2D eigenvalue weighted by Gasteiger charge is -2.20. The van der Waals surface area contributed by atoms with Gasteiger partial charge in [-0.25, -0.2) is 9.07 Å². The fraction of sp³-hybridized carbons (Fsp3) is 0.375. The fourth-order valence-electron chi connectivity index (χ4n) is 2.52. The maximum atomic E-state index is 13.0. The molecule has 1 aromatic heterocycles. The number of carbonyl (C=O) groups excluding carboxylic acids is 1. The van der Waals surface area contributed by atoms with E-state index >= 15 is 0 Å². The number of aliphatic hydroxyl groups is 1. The lowest BCUT2D eigenvalue weighted by atomic mass is 10.2. The van der Waals surface area contributed by atoms with E-state index in [0.717, 1.165) is 18.5 Å². The Morgan fingerprint density at radius 3 is 2.87 bits per heavy atom. The Labute approximate surface area is 133 Å². The van der Waals surface area contributed by atoms with Crippen LogP contribution >= 0.6 is 0 Å². The molecule has 0 spiro atoms. The standard InChI is InChI=1S/C16H18FN3O3/c17-13-4-2-12(3-5-13)11-19(7-8-21)16(22)14-10-15-20(18-14)6-1-9-23-15/h2-5,10,21H,1,6-9,11H2. The number of fused-ring (bicyclic) bond motifs is 1. The van der Waals surface area contributed by atoms with Crippen LogP contribution in [-0.4, -0.2) is 45.5 Å². The molecule has 0 saturated heterocycles. The van der Waals surface area contributed by atoms with Gasteiger partial charge in [0.15, 0.2) is 5.69 Å². The zero-order valence-corrected chi connectivity index (χ0v) is 12.6. The molecule has 0 aliphatic carbocycles. The van der Waals surface area contributed by atoms with Crippen LogP contribution in [-0.2, 0) is 13.1 Å². The molecule has 1 N–H and O–H groups in total. The monoisotopic (exact) mass is 319 g/mol. The Hall–Kier alpha value is -2.41. The molecule has 3 rings (SSSR count). The maximum Gasteiger partial charge on any atom is 0.274 e. The summed E-state index contributed by atoms with van der Waals surface area (Å²) in [6, 6.07) is 7.55. The number of amides is 1. The number of nitrogens with zero attached hydrogens (tertiary/aromatic N) is 3. The summed E-state index contributed by atoms with van der Waals surface area (Å²) in [5, 5.41) is 13.5. The number of halogens is 1. The molecule has 1 amide bonds. The van der Waals surface area contributed by atoms with Crippen molar-refractivity contribution in [1.82, 2.24) is 14.7 Å². The molecule has 0 radical (unpaired) electrons. The van der Waals surface area contributed by atoms with Crippen molar-refractivity contribution in [2.45, 2.75) is 19.5 Å². The average molecular weight is 319 g/mol. The van der Waals surface area contributed by atoms with E-state index in [2.05, 4.69) is 5.10 Å². The number of hydrogen-bond acceptors (Lipinski definition) is 4. The summed E-state index contributed by atoms with van der Waals surface area (Å²) in [4.78, 5) is 14.1.